The van der Waals surface area contributed by atoms with Crippen LogP contribution in [-0.2, 0) is 4.79 Å². The van der Waals surface area contributed by atoms with E-state index >= 15 is 0 Å². The summed E-state index contributed by atoms with van der Waals surface area (Å²) in [4.78, 5) is 12.6. The first-order chi connectivity index (χ1) is 17.4. The van der Waals surface area contributed by atoms with Gasteiger partial charge in [0.15, 0.2) is 11.5 Å². The van der Waals surface area contributed by atoms with Crippen LogP contribution in [0.15, 0.2) is 48.0 Å². The second-order valence-corrected chi connectivity index (χ2v) is 8.74. The highest BCUT2D eigenvalue weighted by Crippen LogP contribution is 2.30. The second-order valence-electron chi connectivity index (χ2n) is 7.74. The standard InChI is InChI=1S/C26H28N4O5S/c1-5-33-23-15-18(14-19(16-27)24(31)28-26-30-29-25(36-26)17(2)3)6-11-22(23)35-13-12-34-21-9-7-20(32-4)8-10-21/h6-11,14-15,17H,5,12-13H2,1-4H3,(H,28,30,31). The minimum absolute atomic E-state index is 0.0692. The number of nitrogens with zero attached hydrogens (tertiary/aromatic N) is 3. The van der Waals surface area contributed by atoms with Crippen LogP contribution in [0, 0.1) is 11.3 Å². The molecule has 0 aliphatic carbocycles. The maximum Gasteiger partial charge on any atom is 0.268 e. The van der Waals surface area contributed by atoms with Crippen molar-refractivity contribution in [2.45, 2.75) is 26.7 Å². The van der Waals surface area contributed by atoms with Crippen LogP contribution in [-0.4, -0.2) is 43.0 Å². The van der Waals surface area contributed by atoms with Gasteiger partial charge in [0.25, 0.3) is 5.91 Å². The number of nitriles is 1. The number of hydrogen-bond donors (Lipinski definition) is 1. The predicted octanol–water partition coefficient (Wildman–Crippen LogP) is 5.07. The molecule has 9 nitrogen and oxygen atoms in total. The van der Waals surface area contributed by atoms with Crippen LogP contribution in [0.25, 0.3) is 6.08 Å². The molecule has 3 aromatic rings. The highest BCUT2D eigenvalue weighted by Gasteiger charge is 2.15. The van der Waals surface area contributed by atoms with Gasteiger partial charge in [0.2, 0.25) is 5.13 Å². The average molecular weight is 509 g/mol. The average Bonchev–Trinajstić information content (AvgIpc) is 3.35. The Labute approximate surface area is 214 Å². The van der Waals surface area contributed by atoms with Gasteiger partial charge in [-0.15, -0.1) is 10.2 Å². The van der Waals surface area contributed by atoms with Crippen LogP contribution in [0.2, 0.25) is 0 Å². The summed E-state index contributed by atoms with van der Waals surface area (Å²) in [6.45, 7) is 6.90. The SMILES string of the molecule is CCOc1cc(C=C(C#N)C(=O)Nc2nnc(C(C)C)s2)ccc1OCCOc1ccc(OC)cc1. The quantitative estimate of drug-likeness (QED) is 0.205. The third-order valence-electron chi connectivity index (χ3n) is 4.77. The Morgan fingerprint density at radius 1 is 1.06 bits per heavy atom. The normalized spacial score (nSPS) is 11.1. The molecule has 0 unspecified atom stereocenters. The van der Waals surface area contributed by atoms with Crippen molar-refractivity contribution in [1.82, 2.24) is 10.2 Å². The lowest BCUT2D eigenvalue weighted by molar-refractivity contribution is -0.112. The number of carbonyl (C=O) groups is 1. The third kappa shape index (κ3) is 7.45. The number of hydrogen-bond acceptors (Lipinski definition) is 9. The summed E-state index contributed by atoms with van der Waals surface area (Å²) in [5, 5.41) is 21.3. The van der Waals surface area contributed by atoms with Crippen LogP contribution >= 0.6 is 11.3 Å². The number of benzene rings is 2. The van der Waals surface area contributed by atoms with Crippen LogP contribution in [0.3, 0.4) is 0 Å². The molecule has 0 atom stereocenters. The smallest absolute Gasteiger partial charge is 0.268 e. The van der Waals surface area contributed by atoms with Gasteiger partial charge in [-0.2, -0.15) is 5.26 Å². The number of ether oxygens (including phenoxy) is 4. The first kappa shape index (κ1) is 26.5. The van der Waals surface area contributed by atoms with Crippen molar-refractivity contribution >= 4 is 28.5 Å². The zero-order valence-electron chi connectivity index (χ0n) is 20.6. The number of carbonyl (C=O) groups excluding carboxylic acids is 1. The van der Waals surface area contributed by atoms with Gasteiger partial charge in [0, 0.05) is 5.92 Å². The zero-order valence-corrected chi connectivity index (χ0v) is 21.4. The molecule has 0 radical (unpaired) electrons. The van der Waals surface area contributed by atoms with Crippen molar-refractivity contribution in [1.29, 1.82) is 5.26 Å². The molecular weight excluding hydrogens is 480 g/mol. The van der Waals surface area contributed by atoms with E-state index in [2.05, 4.69) is 15.5 Å². The van der Waals surface area contributed by atoms with Crippen molar-refractivity contribution in [2.75, 3.05) is 32.2 Å². The minimum Gasteiger partial charge on any atom is -0.497 e. The summed E-state index contributed by atoms with van der Waals surface area (Å²) in [6.07, 6.45) is 1.48. The minimum atomic E-state index is -0.557. The maximum absolute atomic E-state index is 12.6. The van der Waals surface area contributed by atoms with E-state index < -0.39 is 5.91 Å². The van der Waals surface area contributed by atoms with Gasteiger partial charge in [-0.3, -0.25) is 10.1 Å². The lowest BCUT2D eigenvalue weighted by Gasteiger charge is -2.13. The van der Waals surface area contributed by atoms with Gasteiger partial charge in [-0.25, -0.2) is 0 Å². The van der Waals surface area contributed by atoms with E-state index in [0.717, 1.165) is 10.8 Å². The van der Waals surface area contributed by atoms with Gasteiger partial charge in [-0.1, -0.05) is 31.3 Å². The van der Waals surface area contributed by atoms with Gasteiger partial charge in [0.05, 0.1) is 13.7 Å². The third-order valence-corrected chi connectivity index (χ3v) is 5.91. The Bertz CT molecular complexity index is 1230. The van der Waals surface area contributed by atoms with Gasteiger partial charge < -0.3 is 18.9 Å². The van der Waals surface area contributed by atoms with Crippen LogP contribution in [0.1, 0.15) is 37.3 Å². The monoisotopic (exact) mass is 508 g/mol. The lowest BCUT2D eigenvalue weighted by Crippen LogP contribution is -2.13. The van der Waals surface area contributed by atoms with Gasteiger partial charge >= 0.3 is 0 Å². The molecule has 3 rings (SSSR count). The molecule has 0 spiro atoms. The van der Waals surface area contributed by atoms with E-state index in [4.69, 9.17) is 18.9 Å². The Kier molecular flexibility index (Phi) is 9.65. The van der Waals surface area contributed by atoms with Gasteiger partial charge in [-0.05, 0) is 55.0 Å². The Hall–Kier alpha value is -4.10. The molecule has 2 aromatic carbocycles. The van der Waals surface area contributed by atoms with Crippen LogP contribution in [0.4, 0.5) is 5.13 Å². The second kappa shape index (κ2) is 13.1. The van der Waals surface area contributed by atoms with Crippen LogP contribution in [0.5, 0.6) is 23.0 Å². The summed E-state index contributed by atoms with van der Waals surface area (Å²) in [7, 11) is 1.61. The molecule has 1 heterocycles. The van der Waals surface area contributed by atoms with Crippen LogP contribution < -0.4 is 24.3 Å². The fourth-order valence-corrected chi connectivity index (χ4v) is 3.72. The summed E-state index contributed by atoms with van der Waals surface area (Å²) in [5.74, 6) is 2.14. The molecule has 1 N–H and O–H groups in total. The predicted molar refractivity (Wildman–Crippen MR) is 138 cm³/mol. The van der Waals surface area contributed by atoms with E-state index in [1.165, 1.54) is 17.4 Å². The summed E-state index contributed by atoms with van der Waals surface area (Å²) >= 11 is 1.28. The van der Waals surface area contributed by atoms with Crippen molar-refractivity contribution < 1.29 is 23.7 Å². The maximum atomic E-state index is 12.6. The van der Waals surface area contributed by atoms with E-state index in [0.29, 0.717) is 47.8 Å². The molecular formula is C26H28N4O5S. The van der Waals surface area contributed by atoms with E-state index in [9.17, 15) is 10.1 Å². The van der Waals surface area contributed by atoms with Crippen molar-refractivity contribution in [3.8, 4) is 29.1 Å². The molecule has 0 saturated carbocycles. The summed E-state index contributed by atoms with van der Waals surface area (Å²) < 4.78 is 22.4. The number of rotatable bonds is 12. The number of methoxy groups -OCH3 is 1. The number of amides is 1. The highest BCUT2D eigenvalue weighted by atomic mass is 32.1. The van der Waals surface area contributed by atoms with Gasteiger partial charge in [0.1, 0.15) is 41.4 Å². The molecule has 36 heavy (non-hydrogen) atoms. The fourth-order valence-electron chi connectivity index (χ4n) is 2.98. The molecule has 188 valence electrons. The Morgan fingerprint density at radius 3 is 2.42 bits per heavy atom. The molecule has 0 bridgehead atoms. The summed E-state index contributed by atoms with van der Waals surface area (Å²) in [6, 6.07) is 14.4. The molecule has 1 amide bonds. The van der Waals surface area contributed by atoms with E-state index in [-0.39, 0.29) is 11.5 Å². The molecule has 0 aliphatic heterocycles. The number of aromatic nitrogens is 2. The van der Waals surface area contributed by atoms with E-state index in [1.807, 2.05) is 51.1 Å². The molecule has 0 aliphatic rings. The first-order valence-electron chi connectivity index (χ1n) is 11.4. The number of nitrogens with one attached hydrogen (secondary N) is 1. The highest BCUT2D eigenvalue weighted by molar-refractivity contribution is 7.15. The lowest BCUT2D eigenvalue weighted by atomic mass is 10.1. The molecule has 1 aromatic heterocycles. The molecule has 0 saturated heterocycles. The first-order valence-corrected chi connectivity index (χ1v) is 12.2. The largest absolute Gasteiger partial charge is 0.497 e. The van der Waals surface area contributed by atoms with E-state index in [1.54, 1.807) is 25.3 Å². The topological polar surface area (TPSA) is 116 Å². The Morgan fingerprint density at radius 2 is 1.78 bits per heavy atom. The van der Waals surface area contributed by atoms with Crippen molar-refractivity contribution in [3.05, 3.63) is 58.6 Å². The van der Waals surface area contributed by atoms with Crippen molar-refractivity contribution in [2.24, 2.45) is 0 Å². The van der Waals surface area contributed by atoms with Crippen molar-refractivity contribution in [3.63, 3.8) is 0 Å². The Balaban J connectivity index is 1.64. The molecule has 10 heteroatoms. The summed E-state index contributed by atoms with van der Waals surface area (Å²) in [5.41, 5.74) is 0.549. The number of anilines is 1. The molecule has 0 fully saturated rings. The zero-order chi connectivity index (χ0) is 25.9. The fraction of sp³-hybridized carbons (Fsp3) is 0.308.